The Morgan fingerprint density at radius 2 is 1.88 bits per heavy atom. The second kappa shape index (κ2) is 7.54. The van der Waals surface area contributed by atoms with Gasteiger partial charge in [-0.15, -0.1) is 0 Å². The molecule has 1 aliphatic heterocycles. The Kier molecular flexibility index (Phi) is 6.30. The minimum atomic E-state index is -0.493. The van der Waals surface area contributed by atoms with Crippen LogP contribution in [-0.2, 0) is 14.1 Å². The lowest BCUT2D eigenvalue weighted by molar-refractivity contribution is -0.109. The third-order valence-electron chi connectivity index (χ3n) is 4.30. The Labute approximate surface area is 161 Å². The molecule has 1 aromatic carbocycles. The van der Waals surface area contributed by atoms with E-state index in [0.29, 0.717) is 10.8 Å². The SMILES string of the molecule is CC(=O)SCC(=Cc1cc(Cl)ccc1Br)B1OC(C)(C)C(C)(C)O1. The van der Waals surface area contributed by atoms with Crippen LogP contribution in [0.4, 0.5) is 0 Å². The fourth-order valence-electron chi connectivity index (χ4n) is 2.18. The molecule has 0 N–H and O–H groups in total. The molecule has 0 bridgehead atoms. The minimum Gasteiger partial charge on any atom is -0.400 e. The first-order valence-corrected chi connectivity index (χ1v) is 9.82. The largest absolute Gasteiger partial charge is 0.491 e. The molecule has 24 heavy (non-hydrogen) atoms. The fourth-order valence-corrected chi connectivity index (χ4v) is 3.31. The second-order valence-corrected chi connectivity index (χ2v) is 9.20. The van der Waals surface area contributed by atoms with Crippen LogP contribution < -0.4 is 0 Å². The Morgan fingerprint density at radius 1 is 1.29 bits per heavy atom. The molecule has 0 saturated carbocycles. The molecule has 1 saturated heterocycles. The van der Waals surface area contributed by atoms with Crippen molar-refractivity contribution in [2.75, 3.05) is 5.75 Å². The van der Waals surface area contributed by atoms with Crippen LogP contribution in [0, 0.1) is 0 Å². The molecule has 0 aliphatic carbocycles. The van der Waals surface area contributed by atoms with E-state index in [9.17, 15) is 4.79 Å². The van der Waals surface area contributed by atoms with E-state index in [1.807, 2.05) is 52.0 Å². The Balaban J connectivity index is 2.37. The fraction of sp³-hybridized carbons (Fsp3) is 0.471. The van der Waals surface area contributed by atoms with Gasteiger partial charge in [-0.3, -0.25) is 4.79 Å². The number of hydrogen-bond donors (Lipinski definition) is 0. The first-order chi connectivity index (χ1) is 11.0. The highest BCUT2D eigenvalue weighted by atomic mass is 79.9. The van der Waals surface area contributed by atoms with E-state index in [4.69, 9.17) is 20.9 Å². The number of rotatable bonds is 4. The molecular formula is C17H21BBrClO3S. The van der Waals surface area contributed by atoms with Gasteiger partial charge in [0.25, 0.3) is 0 Å². The average molecular weight is 432 g/mol. The summed E-state index contributed by atoms with van der Waals surface area (Å²) >= 11 is 10.9. The molecule has 0 aromatic heterocycles. The molecular weight excluding hydrogens is 410 g/mol. The van der Waals surface area contributed by atoms with Crippen molar-refractivity contribution in [2.45, 2.75) is 45.8 Å². The van der Waals surface area contributed by atoms with Crippen LogP contribution >= 0.6 is 39.3 Å². The molecule has 7 heteroatoms. The topological polar surface area (TPSA) is 35.5 Å². The van der Waals surface area contributed by atoms with Crippen molar-refractivity contribution in [2.24, 2.45) is 0 Å². The van der Waals surface area contributed by atoms with Gasteiger partial charge >= 0.3 is 7.12 Å². The zero-order valence-electron chi connectivity index (χ0n) is 14.5. The van der Waals surface area contributed by atoms with Crippen LogP contribution in [0.5, 0.6) is 0 Å². The number of hydrogen-bond acceptors (Lipinski definition) is 4. The Morgan fingerprint density at radius 3 is 2.42 bits per heavy atom. The number of thioether (sulfide) groups is 1. The average Bonchev–Trinajstić information content (AvgIpc) is 2.66. The molecule has 1 heterocycles. The molecule has 1 fully saturated rings. The number of halogens is 2. The van der Waals surface area contributed by atoms with Gasteiger partial charge in [-0.2, -0.15) is 0 Å². The van der Waals surface area contributed by atoms with Crippen molar-refractivity contribution in [1.82, 2.24) is 0 Å². The lowest BCUT2D eigenvalue weighted by Crippen LogP contribution is -2.41. The lowest BCUT2D eigenvalue weighted by Gasteiger charge is -2.32. The normalized spacial score (nSPS) is 19.6. The molecule has 0 unspecified atom stereocenters. The standard InChI is InChI=1S/C17H21BBrClO3S/c1-11(21)24-10-13(8-12-9-14(20)6-7-15(12)19)18-22-16(2,3)17(4,5)23-18/h6-9H,10H2,1-5H3. The third kappa shape index (κ3) is 4.67. The van der Waals surface area contributed by atoms with Crippen LogP contribution in [0.25, 0.3) is 6.08 Å². The number of carbonyl (C=O) groups excluding carboxylic acids is 1. The molecule has 0 amide bonds. The third-order valence-corrected chi connectivity index (χ3v) is 6.14. The van der Waals surface area contributed by atoms with E-state index < -0.39 is 18.3 Å². The van der Waals surface area contributed by atoms with Gasteiger partial charge in [-0.1, -0.05) is 45.4 Å². The van der Waals surface area contributed by atoms with Crippen LogP contribution in [0.1, 0.15) is 40.2 Å². The van der Waals surface area contributed by atoms with Crippen molar-refractivity contribution in [3.63, 3.8) is 0 Å². The van der Waals surface area contributed by atoms with E-state index in [1.165, 1.54) is 11.8 Å². The summed E-state index contributed by atoms with van der Waals surface area (Å²) in [5, 5.41) is 0.708. The zero-order chi connectivity index (χ0) is 18.1. The Bertz CT molecular complexity index is 660. The second-order valence-electron chi connectivity index (χ2n) is 6.75. The van der Waals surface area contributed by atoms with Gasteiger partial charge in [0.2, 0.25) is 0 Å². The summed E-state index contributed by atoms with van der Waals surface area (Å²) < 4.78 is 13.2. The summed E-state index contributed by atoms with van der Waals surface area (Å²) in [6, 6.07) is 5.59. The van der Waals surface area contributed by atoms with Crippen molar-refractivity contribution in [3.05, 3.63) is 38.7 Å². The van der Waals surface area contributed by atoms with Crippen LogP contribution in [0.3, 0.4) is 0 Å². The molecule has 0 radical (unpaired) electrons. The van der Waals surface area contributed by atoms with E-state index in [0.717, 1.165) is 15.5 Å². The van der Waals surface area contributed by atoms with Gasteiger partial charge in [0.15, 0.2) is 5.12 Å². The molecule has 1 aromatic rings. The molecule has 2 rings (SSSR count). The summed E-state index contributed by atoms with van der Waals surface area (Å²) in [4.78, 5) is 11.4. The predicted molar refractivity (Wildman–Crippen MR) is 106 cm³/mol. The van der Waals surface area contributed by atoms with Crippen molar-refractivity contribution >= 4 is 57.6 Å². The highest BCUT2D eigenvalue weighted by Crippen LogP contribution is 2.39. The van der Waals surface area contributed by atoms with Gasteiger partial charge in [0.05, 0.1) is 11.2 Å². The monoisotopic (exact) mass is 430 g/mol. The van der Waals surface area contributed by atoms with Gasteiger partial charge < -0.3 is 9.31 Å². The summed E-state index contributed by atoms with van der Waals surface area (Å²) in [7, 11) is -0.493. The van der Waals surface area contributed by atoms with Gasteiger partial charge in [-0.05, 0) is 56.9 Å². The van der Waals surface area contributed by atoms with Gasteiger partial charge in [-0.25, -0.2) is 0 Å². The summed E-state index contributed by atoms with van der Waals surface area (Å²) in [6.45, 7) is 9.61. The maximum atomic E-state index is 11.4. The van der Waals surface area contributed by atoms with Crippen LogP contribution in [-0.4, -0.2) is 29.2 Å². The van der Waals surface area contributed by atoms with E-state index in [1.54, 1.807) is 6.92 Å². The van der Waals surface area contributed by atoms with Gasteiger partial charge in [0.1, 0.15) is 0 Å². The van der Waals surface area contributed by atoms with Gasteiger partial charge in [0, 0.05) is 22.2 Å². The molecule has 130 valence electrons. The highest BCUT2D eigenvalue weighted by Gasteiger charge is 2.52. The zero-order valence-corrected chi connectivity index (χ0v) is 17.6. The maximum Gasteiger partial charge on any atom is 0.491 e. The number of carbonyl (C=O) groups is 1. The molecule has 0 atom stereocenters. The van der Waals surface area contributed by atoms with Crippen LogP contribution in [0.2, 0.25) is 5.02 Å². The van der Waals surface area contributed by atoms with E-state index in [-0.39, 0.29) is 5.12 Å². The molecule has 3 nitrogen and oxygen atoms in total. The first-order valence-electron chi connectivity index (χ1n) is 7.66. The molecule has 0 spiro atoms. The lowest BCUT2D eigenvalue weighted by atomic mass is 9.78. The minimum absolute atomic E-state index is 0.0579. The summed E-state index contributed by atoms with van der Waals surface area (Å²) in [6.07, 6.45) is 1.98. The van der Waals surface area contributed by atoms with Crippen molar-refractivity contribution < 1.29 is 14.1 Å². The number of benzene rings is 1. The smallest absolute Gasteiger partial charge is 0.400 e. The van der Waals surface area contributed by atoms with Crippen molar-refractivity contribution in [1.29, 1.82) is 0 Å². The molecule has 1 aliphatic rings. The van der Waals surface area contributed by atoms with Crippen LogP contribution in [0.15, 0.2) is 28.1 Å². The first kappa shape index (κ1) is 20.1. The quantitative estimate of drug-likeness (QED) is 0.598. The van der Waals surface area contributed by atoms with Crippen molar-refractivity contribution in [3.8, 4) is 0 Å². The summed E-state index contributed by atoms with van der Waals surface area (Å²) in [5.74, 6) is 0.505. The predicted octanol–water partition coefficient (Wildman–Crippen LogP) is 5.40. The van der Waals surface area contributed by atoms with E-state index in [2.05, 4.69) is 15.9 Å². The Hall–Kier alpha value is -0.265. The summed E-state index contributed by atoms with van der Waals surface area (Å²) in [5.41, 5.74) is 0.972. The maximum absolute atomic E-state index is 11.4. The van der Waals surface area contributed by atoms with E-state index >= 15 is 0 Å². The highest BCUT2D eigenvalue weighted by molar-refractivity contribution is 9.10.